The van der Waals surface area contributed by atoms with Crippen LogP contribution in [-0.2, 0) is 13.5 Å². The molecule has 0 saturated heterocycles. The van der Waals surface area contributed by atoms with Crippen LogP contribution in [0.2, 0.25) is 5.02 Å². The van der Waals surface area contributed by atoms with Gasteiger partial charge in [0.1, 0.15) is 5.82 Å². The number of halogens is 2. The maximum absolute atomic E-state index is 14.1. The fraction of sp³-hybridized carbons (Fsp3) is 0.150. The molecule has 0 aliphatic rings. The Bertz CT molecular complexity index is 945. The molecule has 3 aromatic rings. The molecule has 0 spiro atoms. The maximum Gasteiger partial charge on any atom is 0.209 e. The number of carbonyl (C=O) groups is 1. The summed E-state index contributed by atoms with van der Waals surface area (Å²) in [5, 5.41) is 0.583. The summed E-state index contributed by atoms with van der Waals surface area (Å²) in [7, 11) is 1.82. The van der Waals surface area contributed by atoms with E-state index >= 15 is 0 Å². The van der Waals surface area contributed by atoms with E-state index in [2.05, 4.69) is 0 Å². The number of hydrogen-bond acceptors (Lipinski definition) is 2. The van der Waals surface area contributed by atoms with Gasteiger partial charge in [0.05, 0.1) is 5.69 Å². The second-order valence-corrected chi connectivity index (χ2v) is 6.53. The summed E-state index contributed by atoms with van der Waals surface area (Å²) in [4.78, 5) is 12.8. The number of anilines is 1. The number of nitrogen functional groups attached to an aromatic ring is 1. The molecule has 2 N–H and O–H groups in total. The molecule has 0 atom stereocenters. The zero-order chi connectivity index (χ0) is 18.1. The van der Waals surface area contributed by atoms with Crippen LogP contribution in [0.15, 0.2) is 48.5 Å². The maximum atomic E-state index is 14.1. The van der Waals surface area contributed by atoms with Crippen molar-refractivity contribution in [1.29, 1.82) is 0 Å². The third-order valence-corrected chi connectivity index (χ3v) is 4.55. The number of hydrogen-bond donors (Lipinski definition) is 1. The summed E-state index contributed by atoms with van der Waals surface area (Å²) in [6.07, 6.45) is 0.386. The van der Waals surface area contributed by atoms with Crippen LogP contribution in [0, 0.1) is 12.7 Å². The normalized spacial score (nSPS) is 10.9. The molecule has 3 rings (SSSR count). The molecule has 128 valence electrons. The van der Waals surface area contributed by atoms with Gasteiger partial charge in [-0.25, -0.2) is 4.39 Å². The fourth-order valence-electron chi connectivity index (χ4n) is 2.96. The summed E-state index contributed by atoms with van der Waals surface area (Å²) < 4.78 is 15.9. The smallest absolute Gasteiger partial charge is 0.209 e. The van der Waals surface area contributed by atoms with Crippen LogP contribution in [-0.4, -0.2) is 10.4 Å². The summed E-state index contributed by atoms with van der Waals surface area (Å²) >= 11 is 5.88. The third-order valence-electron chi connectivity index (χ3n) is 4.29. The first-order valence-electron chi connectivity index (χ1n) is 7.86. The van der Waals surface area contributed by atoms with Crippen molar-refractivity contribution >= 4 is 23.1 Å². The predicted octanol–water partition coefficient (Wildman–Crippen LogP) is 4.53. The van der Waals surface area contributed by atoms with E-state index < -0.39 is 0 Å². The molecule has 0 radical (unpaired) electrons. The van der Waals surface area contributed by atoms with Crippen molar-refractivity contribution in [2.75, 3.05) is 5.73 Å². The van der Waals surface area contributed by atoms with Gasteiger partial charge in [0, 0.05) is 35.4 Å². The van der Waals surface area contributed by atoms with Crippen LogP contribution < -0.4 is 5.73 Å². The van der Waals surface area contributed by atoms with Crippen LogP contribution in [0.3, 0.4) is 0 Å². The Balaban J connectivity index is 1.95. The van der Waals surface area contributed by atoms with E-state index in [1.54, 1.807) is 36.4 Å². The van der Waals surface area contributed by atoms with Crippen LogP contribution in [0.4, 0.5) is 10.1 Å². The molecule has 1 aromatic heterocycles. The molecule has 3 nitrogen and oxygen atoms in total. The van der Waals surface area contributed by atoms with E-state index in [9.17, 15) is 9.18 Å². The van der Waals surface area contributed by atoms with Crippen molar-refractivity contribution in [2.24, 2.45) is 7.05 Å². The predicted molar refractivity (Wildman–Crippen MR) is 98.7 cm³/mol. The lowest BCUT2D eigenvalue weighted by atomic mass is 10.1. The van der Waals surface area contributed by atoms with Gasteiger partial charge in [-0.3, -0.25) is 4.79 Å². The molecular formula is C20H18ClFN2O. The molecule has 0 fully saturated rings. The number of ketones is 1. The van der Waals surface area contributed by atoms with Gasteiger partial charge in [-0.15, -0.1) is 0 Å². The fourth-order valence-corrected chi connectivity index (χ4v) is 3.09. The molecule has 25 heavy (non-hydrogen) atoms. The molecule has 1 heterocycles. The van der Waals surface area contributed by atoms with Crippen molar-refractivity contribution in [3.63, 3.8) is 0 Å². The number of benzene rings is 2. The van der Waals surface area contributed by atoms with E-state index in [4.69, 9.17) is 17.3 Å². The van der Waals surface area contributed by atoms with Crippen molar-refractivity contribution in [2.45, 2.75) is 13.3 Å². The number of aryl methyl sites for hydroxylation is 1. The van der Waals surface area contributed by atoms with Crippen LogP contribution >= 0.6 is 11.6 Å². The second-order valence-electron chi connectivity index (χ2n) is 6.09. The molecule has 5 heteroatoms. The Morgan fingerprint density at radius 3 is 2.48 bits per heavy atom. The van der Waals surface area contributed by atoms with Gasteiger partial charge in [0.15, 0.2) is 0 Å². The first-order valence-corrected chi connectivity index (χ1v) is 8.24. The van der Waals surface area contributed by atoms with E-state index in [1.165, 1.54) is 6.07 Å². The van der Waals surface area contributed by atoms with Gasteiger partial charge >= 0.3 is 0 Å². The van der Waals surface area contributed by atoms with E-state index in [0.717, 1.165) is 11.3 Å². The largest absolute Gasteiger partial charge is 0.399 e. The topological polar surface area (TPSA) is 48.0 Å². The third kappa shape index (κ3) is 3.44. The monoisotopic (exact) mass is 356 g/mol. The lowest BCUT2D eigenvalue weighted by Gasteiger charge is -2.09. The summed E-state index contributed by atoms with van der Waals surface area (Å²) in [5.74, 6) is -0.426. The molecule has 2 aromatic carbocycles. The van der Waals surface area contributed by atoms with Crippen molar-refractivity contribution in [3.8, 4) is 0 Å². The second kappa shape index (κ2) is 6.73. The number of nitrogens with two attached hydrogens (primary N) is 1. The minimum absolute atomic E-state index is 0.0827. The lowest BCUT2D eigenvalue weighted by Crippen LogP contribution is -2.11. The average Bonchev–Trinajstić information content (AvgIpc) is 2.84. The van der Waals surface area contributed by atoms with Gasteiger partial charge in [0.2, 0.25) is 5.78 Å². The molecule has 0 unspecified atom stereocenters. The highest BCUT2D eigenvalue weighted by Crippen LogP contribution is 2.23. The summed E-state index contributed by atoms with van der Waals surface area (Å²) in [5.41, 5.74) is 9.40. The van der Waals surface area contributed by atoms with Gasteiger partial charge in [-0.05, 0) is 60.5 Å². The Labute approximate surface area is 150 Å². The van der Waals surface area contributed by atoms with Crippen LogP contribution in [0.25, 0.3) is 0 Å². The van der Waals surface area contributed by atoms with Gasteiger partial charge in [-0.2, -0.15) is 0 Å². The average molecular weight is 357 g/mol. The number of nitrogens with zero attached hydrogens (tertiary/aromatic N) is 1. The van der Waals surface area contributed by atoms with Gasteiger partial charge < -0.3 is 10.3 Å². The van der Waals surface area contributed by atoms with Crippen LogP contribution in [0.5, 0.6) is 0 Å². The quantitative estimate of drug-likeness (QED) is 0.551. The molecule has 0 aliphatic carbocycles. The van der Waals surface area contributed by atoms with Gasteiger partial charge in [-0.1, -0.05) is 17.7 Å². The lowest BCUT2D eigenvalue weighted by molar-refractivity contribution is 0.103. The zero-order valence-electron chi connectivity index (χ0n) is 14.0. The molecule has 0 amide bonds. The number of aromatic nitrogens is 1. The zero-order valence-corrected chi connectivity index (χ0v) is 14.8. The van der Waals surface area contributed by atoms with Crippen LogP contribution in [0.1, 0.15) is 32.9 Å². The van der Waals surface area contributed by atoms with Crippen molar-refractivity contribution < 1.29 is 9.18 Å². The van der Waals surface area contributed by atoms with E-state index in [0.29, 0.717) is 34.0 Å². The Morgan fingerprint density at radius 2 is 1.84 bits per heavy atom. The van der Waals surface area contributed by atoms with E-state index in [-0.39, 0.29) is 11.6 Å². The minimum Gasteiger partial charge on any atom is -0.399 e. The highest BCUT2D eigenvalue weighted by atomic mass is 35.5. The van der Waals surface area contributed by atoms with E-state index in [1.807, 2.05) is 24.6 Å². The SMILES string of the molecule is Cc1cc(Cc2ccc(N)cc2F)n(C)c1C(=O)c1ccc(Cl)cc1. The Hall–Kier alpha value is -2.59. The highest BCUT2D eigenvalue weighted by molar-refractivity contribution is 6.30. The summed E-state index contributed by atoms with van der Waals surface area (Å²) in [6.45, 7) is 1.88. The first-order chi connectivity index (χ1) is 11.9. The molecule has 0 aliphatic heterocycles. The minimum atomic E-state index is -0.343. The van der Waals surface area contributed by atoms with Crippen molar-refractivity contribution in [1.82, 2.24) is 4.57 Å². The molecule has 0 saturated carbocycles. The summed E-state index contributed by atoms with van der Waals surface area (Å²) in [6, 6.07) is 13.4. The number of rotatable bonds is 4. The highest BCUT2D eigenvalue weighted by Gasteiger charge is 2.19. The van der Waals surface area contributed by atoms with Gasteiger partial charge in [0.25, 0.3) is 0 Å². The van der Waals surface area contributed by atoms with Crippen molar-refractivity contribution in [3.05, 3.63) is 87.4 Å². The number of carbonyl (C=O) groups excluding carboxylic acids is 1. The Kier molecular flexibility index (Phi) is 4.64. The Morgan fingerprint density at radius 1 is 1.16 bits per heavy atom. The standard InChI is InChI=1S/C20H18ClFN2O/c1-12-9-17(10-14-5-8-16(23)11-18(14)22)24(2)19(12)20(25)13-3-6-15(21)7-4-13/h3-9,11H,10,23H2,1-2H3. The molecule has 0 bridgehead atoms. The first kappa shape index (κ1) is 17.2. The molecular weight excluding hydrogens is 339 g/mol.